The molecule has 1 fully saturated rings. The van der Waals surface area contributed by atoms with Gasteiger partial charge in [0.25, 0.3) is 0 Å². The predicted octanol–water partition coefficient (Wildman–Crippen LogP) is 3.82. The maximum atomic E-state index is 3.59. The van der Waals surface area contributed by atoms with Crippen LogP contribution in [0.3, 0.4) is 0 Å². The summed E-state index contributed by atoms with van der Waals surface area (Å²) in [5, 5.41) is 3.59. The summed E-state index contributed by atoms with van der Waals surface area (Å²) in [6, 6.07) is 9.24. The molecule has 0 aromatic heterocycles. The molecule has 0 radical (unpaired) electrons. The Morgan fingerprint density at radius 2 is 2.19 bits per heavy atom. The molecule has 1 unspecified atom stereocenters. The van der Waals surface area contributed by atoms with E-state index >= 15 is 0 Å². The number of benzene rings is 1. The molecule has 1 atom stereocenters. The van der Waals surface area contributed by atoms with Crippen LogP contribution in [0.1, 0.15) is 24.8 Å². The molecule has 2 rings (SSSR count). The molecule has 0 saturated carbocycles. The molecule has 1 aliphatic rings. The molecule has 0 aliphatic carbocycles. The van der Waals surface area contributed by atoms with E-state index in [1.54, 1.807) is 0 Å². The quantitative estimate of drug-likeness (QED) is 0.907. The first-order valence-corrected chi connectivity index (χ1v) is 7.85. The van der Waals surface area contributed by atoms with Crippen LogP contribution in [0, 0.1) is 0 Å². The average molecular weight is 300 g/mol. The average Bonchev–Trinajstić information content (AvgIpc) is 2.33. The fraction of sp³-hybridized carbons (Fsp3) is 0.538. The zero-order valence-corrected chi connectivity index (χ0v) is 11.8. The van der Waals surface area contributed by atoms with E-state index in [1.807, 2.05) is 11.8 Å². The summed E-state index contributed by atoms with van der Waals surface area (Å²) in [4.78, 5) is 0. The van der Waals surface area contributed by atoms with Crippen molar-refractivity contribution in [2.75, 3.05) is 12.3 Å². The Balaban J connectivity index is 1.73. The Kier molecular flexibility index (Phi) is 5.20. The molecule has 0 amide bonds. The Morgan fingerprint density at radius 1 is 1.31 bits per heavy atom. The molecule has 1 nitrogen and oxygen atoms in total. The monoisotopic (exact) mass is 299 g/mol. The van der Waals surface area contributed by atoms with Crippen molar-refractivity contribution in [2.24, 2.45) is 0 Å². The van der Waals surface area contributed by atoms with Crippen molar-refractivity contribution in [1.82, 2.24) is 5.32 Å². The van der Waals surface area contributed by atoms with Gasteiger partial charge in [-0.1, -0.05) is 40.5 Å². The molecule has 88 valence electrons. The van der Waals surface area contributed by atoms with Crippen molar-refractivity contribution in [1.29, 1.82) is 0 Å². The topological polar surface area (TPSA) is 12.0 Å². The molecule has 1 aromatic carbocycles. The third-order valence-corrected chi connectivity index (χ3v) is 4.87. The van der Waals surface area contributed by atoms with E-state index in [2.05, 4.69) is 45.5 Å². The Hall–Kier alpha value is 0.01000. The fourth-order valence-electron chi connectivity index (χ4n) is 1.99. The van der Waals surface area contributed by atoms with Crippen LogP contribution in [0.5, 0.6) is 0 Å². The molecular formula is C13H18BrNS. The highest BCUT2D eigenvalue weighted by atomic mass is 79.9. The van der Waals surface area contributed by atoms with E-state index in [1.165, 1.54) is 41.6 Å². The van der Waals surface area contributed by atoms with E-state index in [0.717, 1.165) is 11.8 Å². The number of rotatable bonds is 4. The van der Waals surface area contributed by atoms with Crippen molar-refractivity contribution < 1.29 is 0 Å². The zero-order chi connectivity index (χ0) is 11.2. The zero-order valence-electron chi connectivity index (χ0n) is 9.42. The molecule has 1 N–H and O–H groups in total. The molecular weight excluding hydrogens is 282 g/mol. The number of hydrogen-bond donors (Lipinski definition) is 1. The van der Waals surface area contributed by atoms with Crippen LogP contribution in [0.2, 0.25) is 0 Å². The SMILES string of the molecule is Brc1ccccc1CSCC1CCCCN1. The normalized spacial score (nSPS) is 20.9. The Morgan fingerprint density at radius 3 is 2.94 bits per heavy atom. The maximum absolute atomic E-state index is 3.59. The second kappa shape index (κ2) is 6.67. The number of thioether (sulfide) groups is 1. The first kappa shape index (κ1) is 12.5. The van der Waals surface area contributed by atoms with Crippen LogP contribution in [0.25, 0.3) is 0 Å². The van der Waals surface area contributed by atoms with Crippen molar-refractivity contribution in [3.8, 4) is 0 Å². The largest absolute Gasteiger partial charge is 0.313 e. The molecule has 3 heteroatoms. The third kappa shape index (κ3) is 3.79. The maximum Gasteiger partial charge on any atom is 0.0215 e. The highest BCUT2D eigenvalue weighted by Gasteiger charge is 2.12. The smallest absolute Gasteiger partial charge is 0.0215 e. The van der Waals surface area contributed by atoms with Gasteiger partial charge in [0.05, 0.1) is 0 Å². The summed E-state index contributed by atoms with van der Waals surface area (Å²) < 4.78 is 1.24. The summed E-state index contributed by atoms with van der Waals surface area (Å²) >= 11 is 5.63. The summed E-state index contributed by atoms with van der Waals surface area (Å²) in [5.74, 6) is 2.35. The van der Waals surface area contributed by atoms with E-state index < -0.39 is 0 Å². The summed E-state index contributed by atoms with van der Waals surface area (Å²) in [7, 11) is 0. The van der Waals surface area contributed by atoms with Gasteiger partial charge in [0, 0.05) is 22.0 Å². The van der Waals surface area contributed by atoms with Gasteiger partial charge >= 0.3 is 0 Å². The lowest BCUT2D eigenvalue weighted by Gasteiger charge is -2.23. The van der Waals surface area contributed by atoms with Crippen molar-refractivity contribution >= 4 is 27.7 Å². The molecule has 1 heterocycles. The number of hydrogen-bond acceptors (Lipinski definition) is 2. The molecule has 1 saturated heterocycles. The molecule has 0 bridgehead atoms. The number of nitrogens with one attached hydrogen (secondary N) is 1. The minimum atomic E-state index is 0.737. The lowest BCUT2D eigenvalue weighted by atomic mass is 10.1. The Labute approximate surface area is 111 Å². The lowest BCUT2D eigenvalue weighted by molar-refractivity contribution is 0.430. The van der Waals surface area contributed by atoms with Gasteiger partial charge in [0.1, 0.15) is 0 Å². The van der Waals surface area contributed by atoms with E-state index in [9.17, 15) is 0 Å². The van der Waals surface area contributed by atoms with Gasteiger partial charge < -0.3 is 5.32 Å². The lowest BCUT2D eigenvalue weighted by Crippen LogP contribution is -2.35. The van der Waals surface area contributed by atoms with Gasteiger partial charge in [-0.15, -0.1) is 0 Å². The van der Waals surface area contributed by atoms with Crippen LogP contribution in [0.4, 0.5) is 0 Å². The van der Waals surface area contributed by atoms with Crippen LogP contribution < -0.4 is 5.32 Å². The molecule has 1 aliphatic heterocycles. The summed E-state index contributed by atoms with van der Waals surface area (Å²) in [6.45, 7) is 1.21. The van der Waals surface area contributed by atoms with E-state index in [-0.39, 0.29) is 0 Å². The molecule has 1 aromatic rings. The number of piperidine rings is 1. The van der Waals surface area contributed by atoms with Crippen molar-refractivity contribution in [2.45, 2.75) is 31.1 Å². The first-order valence-electron chi connectivity index (χ1n) is 5.91. The van der Waals surface area contributed by atoms with Crippen LogP contribution >= 0.6 is 27.7 Å². The third-order valence-electron chi connectivity index (χ3n) is 2.95. The van der Waals surface area contributed by atoms with Gasteiger partial charge in [0.15, 0.2) is 0 Å². The van der Waals surface area contributed by atoms with Gasteiger partial charge in [-0.2, -0.15) is 11.8 Å². The first-order chi connectivity index (χ1) is 7.86. The second-order valence-corrected chi connectivity index (χ2v) is 6.14. The number of halogens is 1. The molecule has 16 heavy (non-hydrogen) atoms. The minimum Gasteiger partial charge on any atom is -0.313 e. The predicted molar refractivity (Wildman–Crippen MR) is 75.9 cm³/mol. The molecule has 0 spiro atoms. The second-order valence-electron chi connectivity index (χ2n) is 4.25. The highest BCUT2D eigenvalue weighted by molar-refractivity contribution is 9.10. The summed E-state index contributed by atoms with van der Waals surface area (Å²) in [5.41, 5.74) is 1.41. The fourth-order valence-corrected chi connectivity index (χ4v) is 3.76. The minimum absolute atomic E-state index is 0.737. The Bertz CT molecular complexity index is 323. The van der Waals surface area contributed by atoms with Crippen LogP contribution in [0.15, 0.2) is 28.7 Å². The van der Waals surface area contributed by atoms with Gasteiger partial charge in [-0.05, 0) is 31.0 Å². The highest BCUT2D eigenvalue weighted by Crippen LogP contribution is 2.22. The van der Waals surface area contributed by atoms with Gasteiger partial charge in [0.2, 0.25) is 0 Å². The van der Waals surface area contributed by atoms with Crippen LogP contribution in [-0.4, -0.2) is 18.3 Å². The summed E-state index contributed by atoms with van der Waals surface area (Å²) in [6.07, 6.45) is 4.10. The van der Waals surface area contributed by atoms with E-state index in [0.29, 0.717) is 0 Å². The standard InChI is InChI=1S/C13H18BrNS/c14-13-7-2-1-5-11(13)9-16-10-12-6-3-4-8-15-12/h1-2,5,7,12,15H,3-4,6,8-10H2. The van der Waals surface area contributed by atoms with Gasteiger partial charge in [-0.25, -0.2) is 0 Å². The van der Waals surface area contributed by atoms with Crippen molar-refractivity contribution in [3.05, 3.63) is 34.3 Å². The van der Waals surface area contributed by atoms with Gasteiger partial charge in [-0.3, -0.25) is 0 Å². The van der Waals surface area contributed by atoms with E-state index in [4.69, 9.17) is 0 Å². The van der Waals surface area contributed by atoms with Crippen molar-refractivity contribution in [3.63, 3.8) is 0 Å². The van der Waals surface area contributed by atoms with Crippen LogP contribution in [-0.2, 0) is 5.75 Å².